The van der Waals surface area contributed by atoms with Gasteiger partial charge in [0, 0.05) is 0 Å². The molecule has 1 atom stereocenters. The molecule has 0 aliphatic rings. The minimum atomic E-state index is -0.360. The van der Waals surface area contributed by atoms with Crippen molar-refractivity contribution < 1.29 is 9.53 Å². The largest absolute Gasteiger partial charge is 0.465 e. The maximum Gasteiger partial charge on any atom is 0.337 e. The van der Waals surface area contributed by atoms with Crippen molar-refractivity contribution in [3.8, 4) is 6.07 Å². The zero-order chi connectivity index (χ0) is 10.6. The first-order valence-electron chi connectivity index (χ1n) is 4.27. The van der Waals surface area contributed by atoms with Crippen molar-refractivity contribution in [2.45, 2.75) is 12.8 Å². The fourth-order valence-corrected chi connectivity index (χ4v) is 1.10. The number of hydrogen-bond acceptors (Lipinski definition) is 3. The third-order valence-corrected chi connectivity index (χ3v) is 2.03. The van der Waals surface area contributed by atoms with Crippen molar-refractivity contribution in [2.75, 3.05) is 7.11 Å². The van der Waals surface area contributed by atoms with E-state index in [4.69, 9.17) is 5.26 Å². The van der Waals surface area contributed by atoms with Gasteiger partial charge in [0.1, 0.15) is 0 Å². The first-order valence-corrected chi connectivity index (χ1v) is 4.27. The second-order valence-electron chi connectivity index (χ2n) is 2.96. The van der Waals surface area contributed by atoms with Crippen molar-refractivity contribution in [1.82, 2.24) is 0 Å². The molecule has 0 aliphatic carbocycles. The molecule has 0 fully saturated rings. The van der Waals surface area contributed by atoms with Crippen LogP contribution in [0.4, 0.5) is 0 Å². The molecule has 14 heavy (non-hydrogen) atoms. The summed E-state index contributed by atoms with van der Waals surface area (Å²) in [5.74, 6) is -0.511. The molecule has 0 unspecified atom stereocenters. The Morgan fingerprint density at radius 2 is 2.00 bits per heavy atom. The van der Waals surface area contributed by atoms with Gasteiger partial charge in [-0.15, -0.1) is 0 Å². The number of benzene rings is 1. The second kappa shape index (κ2) is 4.43. The van der Waals surface area contributed by atoms with E-state index in [1.165, 1.54) is 7.11 Å². The molecule has 0 aliphatic heterocycles. The zero-order valence-corrected chi connectivity index (χ0v) is 8.15. The molecule has 1 aromatic rings. The second-order valence-corrected chi connectivity index (χ2v) is 2.96. The lowest BCUT2D eigenvalue weighted by Gasteiger charge is -2.03. The molecule has 1 aromatic carbocycles. The molecule has 0 saturated heterocycles. The van der Waals surface area contributed by atoms with Crippen molar-refractivity contribution in [3.05, 3.63) is 35.4 Å². The van der Waals surface area contributed by atoms with Gasteiger partial charge in [-0.1, -0.05) is 12.1 Å². The average Bonchev–Trinajstić information content (AvgIpc) is 2.27. The third kappa shape index (κ3) is 2.11. The zero-order valence-electron chi connectivity index (χ0n) is 8.15. The predicted octanol–water partition coefficient (Wildman–Crippen LogP) is 2.10. The molecule has 1 rings (SSSR count). The molecule has 0 radical (unpaired) electrons. The summed E-state index contributed by atoms with van der Waals surface area (Å²) < 4.78 is 4.56. The lowest BCUT2D eigenvalue weighted by Crippen LogP contribution is -2.01. The maximum absolute atomic E-state index is 11.1. The highest BCUT2D eigenvalue weighted by atomic mass is 16.5. The summed E-state index contributed by atoms with van der Waals surface area (Å²) in [7, 11) is 1.34. The van der Waals surface area contributed by atoms with Crippen LogP contribution < -0.4 is 0 Å². The molecule has 0 saturated carbocycles. The van der Waals surface area contributed by atoms with Crippen molar-refractivity contribution in [3.63, 3.8) is 0 Å². The number of carbonyl (C=O) groups excluding carboxylic acids is 1. The van der Waals surface area contributed by atoms with Crippen LogP contribution in [-0.4, -0.2) is 13.1 Å². The standard InChI is InChI=1S/C11H11NO2/c1-8(7-12)9-3-5-10(6-4-9)11(13)14-2/h3-6,8H,1-2H3/t8-/m0/s1. The molecule has 0 aromatic heterocycles. The quantitative estimate of drug-likeness (QED) is 0.669. The summed E-state index contributed by atoms with van der Waals surface area (Å²) in [5.41, 5.74) is 1.40. The predicted molar refractivity (Wildman–Crippen MR) is 51.8 cm³/mol. The van der Waals surface area contributed by atoms with Crippen LogP contribution in [-0.2, 0) is 4.74 Å². The maximum atomic E-state index is 11.1. The van der Waals surface area contributed by atoms with Crippen LogP contribution in [0.25, 0.3) is 0 Å². The lowest BCUT2D eigenvalue weighted by molar-refractivity contribution is 0.0600. The fourth-order valence-electron chi connectivity index (χ4n) is 1.10. The van der Waals surface area contributed by atoms with Gasteiger partial charge in [0.15, 0.2) is 0 Å². The Morgan fingerprint density at radius 1 is 1.43 bits per heavy atom. The molecule has 0 spiro atoms. The van der Waals surface area contributed by atoms with Crippen molar-refractivity contribution >= 4 is 5.97 Å². The van der Waals surface area contributed by atoms with Gasteiger partial charge >= 0.3 is 5.97 Å². The number of nitriles is 1. The Bertz CT molecular complexity index is 362. The van der Waals surface area contributed by atoms with E-state index in [1.807, 2.05) is 6.92 Å². The van der Waals surface area contributed by atoms with Gasteiger partial charge in [0.2, 0.25) is 0 Å². The number of methoxy groups -OCH3 is 1. The van der Waals surface area contributed by atoms with E-state index in [-0.39, 0.29) is 11.9 Å². The third-order valence-electron chi connectivity index (χ3n) is 2.03. The molecule has 3 nitrogen and oxygen atoms in total. The first-order chi connectivity index (χ1) is 6.69. The Kier molecular flexibility index (Phi) is 3.24. The molecule has 0 N–H and O–H groups in total. The van der Waals surface area contributed by atoms with E-state index in [0.717, 1.165) is 5.56 Å². The van der Waals surface area contributed by atoms with E-state index < -0.39 is 0 Å². The molecule has 0 heterocycles. The molecule has 72 valence electrons. The fraction of sp³-hybridized carbons (Fsp3) is 0.273. The van der Waals surface area contributed by atoms with Gasteiger partial charge in [0.25, 0.3) is 0 Å². The number of nitrogens with zero attached hydrogens (tertiary/aromatic N) is 1. The van der Waals surface area contributed by atoms with Gasteiger partial charge in [-0.2, -0.15) is 5.26 Å². The topological polar surface area (TPSA) is 50.1 Å². The SMILES string of the molecule is COC(=O)c1ccc([C@@H](C)C#N)cc1. The Hall–Kier alpha value is -1.82. The molecule has 0 amide bonds. The summed E-state index contributed by atoms with van der Waals surface area (Å²) in [4.78, 5) is 11.1. The van der Waals surface area contributed by atoms with E-state index in [1.54, 1.807) is 24.3 Å². The number of rotatable bonds is 2. The number of esters is 1. The van der Waals surface area contributed by atoms with Gasteiger partial charge in [-0.3, -0.25) is 0 Å². The monoisotopic (exact) mass is 189 g/mol. The van der Waals surface area contributed by atoms with Gasteiger partial charge < -0.3 is 4.74 Å². The van der Waals surface area contributed by atoms with E-state index in [9.17, 15) is 4.79 Å². The van der Waals surface area contributed by atoms with Crippen molar-refractivity contribution in [2.24, 2.45) is 0 Å². The highest BCUT2D eigenvalue weighted by Crippen LogP contribution is 2.14. The average molecular weight is 189 g/mol. The summed E-state index contributed by atoms with van der Waals surface area (Å²) in [6, 6.07) is 8.98. The normalized spacial score (nSPS) is 11.5. The Morgan fingerprint density at radius 3 is 2.43 bits per heavy atom. The van der Waals surface area contributed by atoms with E-state index >= 15 is 0 Å². The summed E-state index contributed by atoms with van der Waals surface area (Å²) in [6.07, 6.45) is 0. The van der Waals surface area contributed by atoms with Crippen LogP contribution in [0, 0.1) is 11.3 Å². The van der Waals surface area contributed by atoms with Gasteiger partial charge in [0.05, 0.1) is 24.7 Å². The number of carbonyl (C=O) groups is 1. The van der Waals surface area contributed by atoms with E-state index in [2.05, 4.69) is 10.8 Å². The number of ether oxygens (including phenoxy) is 1. The van der Waals surface area contributed by atoms with Crippen molar-refractivity contribution in [1.29, 1.82) is 5.26 Å². The van der Waals surface area contributed by atoms with Crippen LogP contribution in [0.5, 0.6) is 0 Å². The molecular weight excluding hydrogens is 178 g/mol. The summed E-state index contributed by atoms with van der Waals surface area (Å²) in [5, 5.41) is 8.67. The first kappa shape index (κ1) is 10.3. The highest BCUT2D eigenvalue weighted by molar-refractivity contribution is 5.89. The lowest BCUT2D eigenvalue weighted by atomic mass is 10.0. The Balaban J connectivity index is 2.90. The minimum absolute atomic E-state index is 0.151. The van der Waals surface area contributed by atoms with Gasteiger partial charge in [-0.25, -0.2) is 4.79 Å². The Labute approximate surface area is 82.9 Å². The van der Waals surface area contributed by atoms with Crippen LogP contribution >= 0.6 is 0 Å². The van der Waals surface area contributed by atoms with Crippen LogP contribution in [0.2, 0.25) is 0 Å². The molecular formula is C11H11NO2. The highest BCUT2D eigenvalue weighted by Gasteiger charge is 2.07. The molecule has 3 heteroatoms. The van der Waals surface area contributed by atoms with Crippen LogP contribution in [0.3, 0.4) is 0 Å². The summed E-state index contributed by atoms with van der Waals surface area (Å²) >= 11 is 0. The van der Waals surface area contributed by atoms with Crippen LogP contribution in [0.1, 0.15) is 28.8 Å². The van der Waals surface area contributed by atoms with E-state index in [0.29, 0.717) is 5.56 Å². The smallest absolute Gasteiger partial charge is 0.337 e. The number of hydrogen-bond donors (Lipinski definition) is 0. The van der Waals surface area contributed by atoms with Crippen LogP contribution in [0.15, 0.2) is 24.3 Å². The summed E-state index contributed by atoms with van der Waals surface area (Å²) in [6.45, 7) is 1.81. The molecule has 0 bridgehead atoms. The van der Waals surface area contributed by atoms with Gasteiger partial charge in [-0.05, 0) is 24.6 Å². The minimum Gasteiger partial charge on any atom is -0.465 e.